The van der Waals surface area contributed by atoms with Gasteiger partial charge in [-0.25, -0.2) is 12.7 Å². The Morgan fingerprint density at radius 3 is 1.97 bits per heavy atom. The van der Waals surface area contributed by atoms with Crippen molar-refractivity contribution in [1.29, 1.82) is 0 Å². The fourth-order valence-corrected chi connectivity index (χ4v) is 5.13. The number of amides is 3. The lowest BCUT2D eigenvalue weighted by molar-refractivity contribution is -0.117. The molecule has 1 aliphatic rings. The van der Waals surface area contributed by atoms with Crippen LogP contribution in [0.2, 0.25) is 0 Å². The first-order valence-corrected chi connectivity index (χ1v) is 11.3. The summed E-state index contributed by atoms with van der Waals surface area (Å²) in [6, 6.07) is 18.8. The average molecular weight is 449 g/mol. The van der Waals surface area contributed by atoms with Crippen molar-refractivity contribution in [2.45, 2.75) is 18.7 Å². The third-order valence-corrected chi connectivity index (χ3v) is 7.22. The summed E-state index contributed by atoms with van der Waals surface area (Å²) in [7, 11) is -4.30. The fourth-order valence-electron chi connectivity index (χ4n) is 3.63. The Bertz CT molecular complexity index is 1310. The SMILES string of the molecule is Cc1cccc(N(C(=O)CN2C(=O)c3ccccc3C2=O)S(=O)(=O)c2ccccc2)c1C. The summed E-state index contributed by atoms with van der Waals surface area (Å²) >= 11 is 0. The number of fused-ring (bicyclic) bond motifs is 1. The van der Waals surface area contributed by atoms with Gasteiger partial charge in [0.05, 0.1) is 21.7 Å². The molecule has 0 spiro atoms. The maximum absolute atomic E-state index is 13.5. The summed E-state index contributed by atoms with van der Waals surface area (Å²) in [5, 5.41) is 0. The van der Waals surface area contributed by atoms with Crippen LogP contribution in [0, 0.1) is 13.8 Å². The lowest BCUT2D eigenvalue weighted by Crippen LogP contribution is -2.45. The molecule has 0 fully saturated rings. The number of benzene rings is 3. The quantitative estimate of drug-likeness (QED) is 0.559. The van der Waals surface area contributed by atoms with Crippen LogP contribution in [-0.2, 0) is 14.8 Å². The molecule has 0 bridgehead atoms. The minimum Gasteiger partial charge on any atom is -0.271 e. The molecule has 3 aromatic carbocycles. The third-order valence-electron chi connectivity index (χ3n) is 5.47. The molecule has 1 aliphatic heterocycles. The van der Waals surface area contributed by atoms with Gasteiger partial charge >= 0.3 is 0 Å². The monoisotopic (exact) mass is 448 g/mol. The van der Waals surface area contributed by atoms with Crippen molar-refractivity contribution in [2.75, 3.05) is 10.8 Å². The van der Waals surface area contributed by atoms with E-state index < -0.39 is 34.3 Å². The summed E-state index contributed by atoms with van der Waals surface area (Å²) in [5.41, 5.74) is 1.95. The van der Waals surface area contributed by atoms with Gasteiger partial charge < -0.3 is 0 Å². The minimum absolute atomic E-state index is 0.0726. The minimum atomic E-state index is -4.30. The molecule has 8 heteroatoms. The molecule has 7 nitrogen and oxygen atoms in total. The molecule has 4 rings (SSSR count). The third kappa shape index (κ3) is 3.48. The predicted molar refractivity (Wildman–Crippen MR) is 119 cm³/mol. The van der Waals surface area contributed by atoms with E-state index in [0.717, 1.165) is 10.5 Å². The molecule has 0 atom stereocenters. The summed E-state index contributed by atoms with van der Waals surface area (Å²) in [4.78, 5) is 39.6. The van der Waals surface area contributed by atoms with Crippen LogP contribution >= 0.6 is 0 Å². The van der Waals surface area contributed by atoms with E-state index in [2.05, 4.69) is 0 Å². The van der Waals surface area contributed by atoms with Gasteiger partial charge in [0.1, 0.15) is 6.54 Å². The van der Waals surface area contributed by atoms with Crippen LogP contribution < -0.4 is 4.31 Å². The predicted octanol–water partition coefficient (Wildman–Crippen LogP) is 3.32. The Morgan fingerprint density at radius 2 is 1.38 bits per heavy atom. The van der Waals surface area contributed by atoms with Crippen LogP contribution in [0.3, 0.4) is 0 Å². The lowest BCUT2D eigenvalue weighted by Gasteiger charge is -2.26. The van der Waals surface area contributed by atoms with Gasteiger partial charge in [-0.1, -0.05) is 42.5 Å². The van der Waals surface area contributed by atoms with Crippen LogP contribution in [0.5, 0.6) is 0 Å². The first-order valence-electron chi connectivity index (χ1n) is 9.88. The molecule has 0 aromatic heterocycles. The van der Waals surface area contributed by atoms with E-state index in [4.69, 9.17) is 0 Å². The maximum Gasteiger partial charge on any atom is 0.270 e. The van der Waals surface area contributed by atoms with Crippen molar-refractivity contribution in [3.8, 4) is 0 Å². The smallest absolute Gasteiger partial charge is 0.270 e. The van der Waals surface area contributed by atoms with E-state index in [9.17, 15) is 22.8 Å². The summed E-state index contributed by atoms with van der Waals surface area (Å²) in [5.74, 6) is -2.16. The number of sulfonamides is 1. The van der Waals surface area contributed by atoms with E-state index in [-0.39, 0.29) is 21.7 Å². The molecule has 0 aliphatic carbocycles. The lowest BCUT2D eigenvalue weighted by atomic mass is 10.1. The highest BCUT2D eigenvalue weighted by molar-refractivity contribution is 7.93. The number of imide groups is 1. The van der Waals surface area contributed by atoms with Gasteiger partial charge in [-0.2, -0.15) is 0 Å². The second-order valence-corrected chi connectivity index (χ2v) is 9.22. The zero-order chi connectivity index (χ0) is 23.0. The average Bonchev–Trinajstić information content (AvgIpc) is 3.02. The molecule has 0 saturated heterocycles. The van der Waals surface area contributed by atoms with Crippen LogP contribution in [0.25, 0.3) is 0 Å². The van der Waals surface area contributed by atoms with Crippen LogP contribution in [0.1, 0.15) is 31.8 Å². The van der Waals surface area contributed by atoms with Gasteiger partial charge in [0.15, 0.2) is 0 Å². The first-order chi connectivity index (χ1) is 15.2. The van der Waals surface area contributed by atoms with E-state index in [1.807, 2.05) is 0 Å². The summed E-state index contributed by atoms with van der Waals surface area (Å²) in [6.45, 7) is 2.82. The number of carbonyl (C=O) groups excluding carboxylic acids is 3. The van der Waals surface area contributed by atoms with E-state index in [0.29, 0.717) is 9.87 Å². The number of aryl methyl sites for hydroxylation is 1. The highest BCUT2D eigenvalue weighted by Crippen LogP contribution is 2.30. The number of rotatable bonds is 5. The summed E-state index contributed by atoms with van der Waals surface area (Å²) in [6.07, 6.45) is 0. The highest BCUT2D eigenvalue weighted by atomic mass is 32.2. The Kier molecular flexibility index (Phi) is 5.40. The zero-order valence-electron chi connectivity index (χ0n) is 17.5. The van der Waals surface area contributed by atoms with Gasteiger partial charge in [0, 0.05) is 0 Å². The van der Waals surface area contributed by atoms with Gasteiger partial charge in [0.25, 0.3) is 27.7 Å². The molecule has 3 aromatic rings. The van der Waals surface area contributed by atoms with E-state index >= 15 is 0 Å². The molecule has 0 N–H and O–H groups in total. The van der Waals surface area contributed by atoms with Gasteiger partial charge in [-0.15, -0.1) is 0 Å². The standard InChI is InChI=1S/C24H20N2O5S/c1-16-9-8-14-21(17(16)2)26(32(30,31)18-10-4-3-5-11-18)22(27)15-25-23(28)19-12-6-7-13-20(19)24(25)29/h3-14H,15H2,1-2H3. The fraction of sp³-hybridized carbons (Fsp3) is 0.125. The van der Waals surface area contributed by atoms with Crippen LogP contribution in [-0.4, -0.2) is 37.6 Å². The number of anilines is 1. The molecule has 162 valence electrons. The molecule has 0 saturated carbocycles. The Balaban J connectivity index is 1.78. The van der Waals surface area contributed by atoms with Gasteiger partial charge in [-0.05, 0) is 55.3 Å². The number of carbonyl (C=O) groups is 3. The van der Waals surface area contributed by atoms with Crippen LogP contribution in [0.15, 0.2) is 77.7 Å². The topological polar surface area (TPSA) is 91.8 Å². The number of hydrogen-bond donors (Lipinski definition) is 0. The molecular weight excluding hydrogens is 428 g/mol. The van der Waals surface area contributed by atoms with Gasteiger partial charge in [-0.3, -0.25) is 19.3 Å². The number of nitrogens with zero attached hydrogens (tertiary/aromatic N) is 2. The normalized spacial score (nSPS) is 13.2. The second kappa shape index (κ2) is 8.05. The Morgan fingerprint density at radius 1 is 0.812 bits per heavy atom. The van der Waals surface area contributed by atoms with E-state index in [1.165, 1.54) is 30.3 Å². The number of hydrogen-bond acceptors (Lipinski definition) is 5. The second-order valence-electron chi connectivity index (χ2n) is 7.44. The van der Waals surface area contributed by atoms with Crippen molar-refractivity contribution in [1.82, 2.24) is 4.90 Å². The van der Waals surface area contributed by atoms with Crippen LogP contribution in [0.4, 0.5) is 5.69 Å². The zero-order valence-corrected chi connectivity index (χ0v) is 18.3. The van der Waals surface area contributed by atoms with Gasteiger partial charge in [0.2, 0.25) is 0 Å². The Hall–Kier alpha value is -3.78. The Labute approximate surface area is 185 Å². The largest absolute Gasteiger partial charge is 0.271 e. The molecule has 0 radical (unpaired) electrons. The first kappa shape index (κ1) is 21.5. The van der Waals surface area contributed by atoms with Crippen molar-refractivity contribution < 1.29 is 22.8 Å². The molecule has 32 heavy (non-hydrogen) atoms. The highest BCUT2D eigenvalue weighted by Gasteiger charge is 2.40. The molecule has 1 heterocycles. The van der Waals surface area contributed by atoms with Crippen molar-refractivity contribution >= 4 is 33.4 Å². The van der Waals surface area contributed by atoms with E-state index in [1.54, 1.807) is 56.3 Å². The molecule has 0 unspecified atom stereocenters. The van der Waals surface area contributed by atoms with Crippen molar-refractivity contribution in [3.63, 3.8) is 0 Å². The summed E-state index contributed by atoms with van der Waals surface area (Å²) < 4.78 is 27.7. The van der Waals surface area contributed by atoms with Crippen molar-refractivity contribution in [2.24, 2.45) is 0 Å². The molecule has 3 amide bonds. The van der Waals surface area contributed by atoms with Crippen molar-refractivity contribution in [3.05, 3.63) is 95.1 Å². The molecular formula is C24H20N2O5S. The maximum atomic E-state index is 13.5.